The molecule has 27 heavy (non-hydrogen) atoms. The molecule has 1 aromatic rings. The summed E-state index contributed by atoms with van der Waals surface area (Å²) in [6.45, 7) is 4.12. The number of hydrogen-bond acceptors (Lipinski definition) is 4. The van der Waals surface area contributed by atoms with Crippen LogP contribution in [0.25, 0.3) is 5.57 Å². The van der Waals surface area contributed by atoms with Crippen molar-refractivity contribution >= 4 is 13.2 Å². The minimum Gasteiger partial charge on any atom is -0.367 e. The van der Waals surface area contributed by atoms with Gasteiger partial charge in [0.1, 0.15) is 11.3 Å². The molecule has 0 bridgehead atoms. The fourth-order valence-electron chi connectivity index (χ4n) is 4.31. The van der Waals surface area contributed by atoms with E-state index in [-0.39, 0.29) is 6.10 Å². The highest BCUT2D eigenvalue weighted by Gasteiger charge is 2.48. The van der Waals surface area contributed by atoms with E-state index in [1.54, 1.807) is 0 Å². The van der Waals surface area contributed by atoms with Crippen LogP contribution in [0.5, 0.6) is 0 Å². The number of allylic oxidation sites excluding steroid dienone is 2. The Morgan fingerprint density at radius 1 is 1.11 bits per heavy atom. The van der Waals surface area contributed by atoms with Crippen molar-refractivity contribution in [2.45, 2.75) is 56.9 Å². The van der Waals surface area contributed by atoms with Gasteiger partial charge in [-0.3, -0.25) is 4.57 Å². The van der Waals surface area contributed by atoms with Crippen molar-refractivity contribution in [3.63, 3.8) is 0 Å². The van der Waals surface area contributed by atoms with Gasteiger partial charge in [-0.05, 0) is 43.7 Å². The third-order valence-electron chi connectivity index (χ3n) is 5.98. The number of benzene rings is 1. The van der Waals surface area contributed by atoms with Crippen molar-refractivity contribution < 1.29 is 18.3 Å². The molecule has 3 unspecified atom stereocenters. The third-order valence-corrected chi connectivity index (χ3v) is 8.34. The molecular weight excluding hydrogens is 359 g/mol. The average molecular weight is 390 g/mol. The highest BCUT2D eigenvalue weighted by molar-refractivity contribution is 7.55. The number of hydrogen-bond donors (Lipinski definition) is 0. The molecule has 1 fully saturated rings. The van der Waals surface area contributed by atoms with E-state index in [1.807, 2.05) is 49.4 Å². The summed E-state index contributed by atoms with van der Waals surface area (Å²) in [4.78, 5) is 0. The van der Waals surface area contributed by atoms with Crippen molar-refractivity contribution in [1.29, 1.82) is 0 Å². The molecule has 0 aliphatic heterocycles. The first-order valence-corrected chi connectivity index (χ1v) is 11.4. The monoisotopic (exact) mass is 390 g/mol. The lowest BCUT2D eigenvalue weighted by molar-refractivity contribution is -0.0678. The van der Waals surface area contributed by atoms with Crippen LogP contribution >= 0.6 is 7.60 Å². The van der Waals surface area contributed by atoms with Crippen LogP contribution in [-0.2, 0) is 18.3 Å². The van der Waals surface area contributed by atoms with Gasteiger partial charge in [0.15, 0.2) is 0 Å². The van der Waals surface area contributed by atoms with Gasteiger partial charge in [0.2, 0.25) is 0 Å². The quantitative estimate of drug-likeness (QED) is 0.548. The Labute approximate surface area is 163 Å². The lowest BCUT2D eigenvalue weighted by Gasteiger charge is -2.41. The first-order valence-electron chi connectivity index (χ1n) is 9.77. The van der Waals surface area contributed by atoms with E-state index in [1.165, 1.54) is 39.9 Å². The van der Waals surface area contributed by atoms with Gasteiger partial charge in [0.25, 0.3) is 0 Å². The SMILES string of the molecule is COP(=O)(OC)C1C=C(c2ccccc2)C=CC1(C)OC(C)C1CCCC1. The van der Waals surface area contributed by atoms with Crippen molar-refractivity contribution in [2.75, 3.05) is 14.2 Å². The Hall–Kier alpha value is -1.19. The zero-order chi connectivity index (χ0) is 19.5. The highest BCUT2D eigenvalue weighted by Crippen LogP contribution is 2.59. The fraction of sp³-hybridized carbons (Fsp3) is 0.545. The third kappa shape index (κ3) is 4.30. The second-order valence-electron chi connectivity index (χ2n) is 7.72. The highest BCUT2D eigenvalue weighted by atomic mass is 31.2. The smallest absolute Gasteiger partial charge is 0.340 e. The Balaban J connectivity index is 1.94. The molecular formula is C22H31O4P. The minimum atomic E-state index is -3.38. The molecule has 0 heterocycles. The second kappa shape index (κ2) is 8.45. The fourth-order valence-corrected chi connectivity index (χ4v) is 6.03. The molecule has 4 nitrogen and oxygen atoms in total. The van der Waals surface area contributed by atoms with E-state index in [0.717, 1.165) is 11.1 Å². The van der Waals surface area contributed by atoms with Crippen molar-refractivity contribution in [1.82, 2.24) is 0 Å². The maximum atomic E-state index is 13.4. The molecule has 0 N–H and O–H groups in total. The van der Waals surface area contributed by atoms with Crippen molar-refractivity contribution in [2.24, 2.45) is 5.92 Å². The summed E-state index contributed by atoms with van der Waals surface area (Å²) in [5.74, 6) is 0.555. The first kappa shape index (κ1) is 20.5. The topological polar surface area (TPSA) is 44.8 Å². The maximum absolute atomic E-state index is 13.4. The van der Waals surface area contributed by atoms with Crippen LogP contribution in [0.15, 0.2) is 48.6 Å². The van der Waals surface area contributed by atoms with Gasteiger partial charge < -0.3 is 13.8 Å². The first-order chi connectivity index (χ1) is 12.9. The van der Waals surface area contributed by atoms with Crippen LogP contribution in [-0.4, -0.2) is 31.6 Å². The molecule has 2 aliphatic rings. The molecule has 1 aromatic carbocycles. The van der Waals surface area contributed by atoms with Crippen LogP contribution in [0.1, 0.15) is 45.1 Å². The molecule has 0 radical (unpaired) electrons. The van der Waals surface area contributed by atoms with Gasteiger partial charge in [0.05, 0.1) is 6.10 Å². The number of rotatable bonds is 7. The maximum Gasteiger partial charge on any atom is 0.340 e. The Bertz CT molecular complexity index is 728. The van der Waals surface area contributed by atoms with Gasteiger partial charge in [0, 0.05) is 14.2 Å². The van der Waals surface area contributed by atoms with Crippen molar-refractivity contribution in [3.05, 3.63) is 54.1 Å². The van der Waals surface area contributed by atoms with Crippen LogP contribution in [0.3, 0.4) is 0 Å². The zero-order valence-electron chi connectivity index (χ0n) is 16.8. The molecule has 1 saturated carbocycles. The zero-order valence-corrected chi connectivity index (χ0v) is 17.7. The molecule has 0 spiro atoms. The van der Waals surface area contributed by atoms with Crippen LogP contribution in [0.2, 0.25) is 0 Å². The predicted molar refractivity (Wildman–Crippen MR) is 110 cm³/mol. The van der Waals surface area contributed by atoms with E-state index in [9.17, 15) is 4.57 Å². The molecule has 148 valence electrons. The van der Waals surface area contributed by atoms with Gasteiger partial charge in [-0.2, -0.15) is 0 Å². The van der Waals surface area contributed by atoms with Crippen LogP contribution in [0.4, 0.5) is 0 Å². The van der Waals surface area contributed by atoms with E-state index >= 15 is 0 Å². The van der Waals surface area contributed by atoms with Crippen LogP contribution < -0.4 is 0 Å². The molecule has 3 atom stereocenters. The van der Waals surface area contributed by atoms with Crippen LogP contribution in [0, 0.1) is 5.92 Å². The lowest BCUT2D eigenvalue weighted by Crippen LogP contribution is -2.44. The molecule has 0 saturated heterocycles. The standard InChI is InChI=1S/C22H31O4P/c1-17(18-10-8-9-11-18)26-22(2)15-14-20(19-12-6-5-7-13-19)16-21(22)27(23,24-3)25-4/h5-7,12-18,21H,8-11H2,1-4H3. The largest absolute Gasteiger partial charge is 0.367 e. The van der Waals surface area contributed by atoms with Gasteiger partial charge in [-0.15, -0.1) is 0 Å². The Kier molecular flexibility index (Phi) is 6.43. The van der Waals surface area contributed by atoms with E-state index in [4.69, 9.17) is 13.8 Å². The molecule has 5 heteroatoms. The summed E-state index contributed by atoms with van der Waals surface area (Å²) in [5.41, 5.74) is 0.818. The van der Waals surface area contributed by atoms with Crippen molar-refractivity contribution in [3.8, 4) is 0 Å². The molecule has 3 rings (SSSR count). The van der Waals surface area contributed by atoms with Gasteiger partial charge in [-0.1, -0.05) is 61.4 Å². The van der Waals surface area contributed by atoms with E-state index in [0.29, 0.717) is 5.92 Å². The minimum absolute atomic E-state index is 0.0958. The summed E-state index contributed by atoms with van der Waals surface area (Å²) in [5, 5.41) is 0. The molecule has 0 aromatic heterocycles. The normalized spacial score (nSPS) is 27.6. The van der Waals surface area contributed by atoms with Gasteiger partial charge in [-0.25, -0.2) is 0 Å². The number of ether oxygens (including phenoxy) is 1. The Morgan fingerprint density at radius 3 is 2.33 bits per heavy atom. The van der Waals surface area contributed by atoms with E-state index in [2.05, 4.69) is 13.0 Å². The summed E-state index contributed by atoms with van der Waals surface area (Å²) >= 11 is 0. The summed E-state index contributed by atoms with van der Waals surface area (Å²) in [7, 11) is -0.488. The lowest BCUT2D eigenvalue weighted by atomic mass is 9.89. The summed E-state index contributed by atoms with van der Waals surface area (Å²) in [6.07, 6.45) is 11.1. The molecule has 2 aliphatic carbocycles. The summed E-state index contributed by atoms with van der Waals surface area (Å²) < 4.78 is 30.7. The molecule has 0 amide bonds. The van der Waals surface area contributed by atoms with E-state index < -0.39 is 18.9 Å². The Morgan fingerprint density at radius 2 is 1.74 bits per heavy atom. The predicted octanol–water partition coefficient (Wildman–Crippen LogP) is 5.85. The van der Waals surface area contributed by atoms with Gasteiger partial charge >= 0.3 is 7.60 Å². The summed E-state index contributed by atoms with van der Waals surface area (Å²) in [6, 6.07) is 10.1. The second-order valence-corrected chi connectivity index (χ2v) is 10.1. The average Bonchev–Trinajstić information content (AvgIpc) is 3.23.